The zero-order valence-electron chi connectivity index (χ0n) is 16.3. The van der Waals surface area contributed by atoms with E-state index in [0.717, 1.165) is 10.0 Å². The molecular weight excluding hydrogens is 579 g/mol. The van der Waals surface area contributed by atoms with Crippen molar-refractivity contribution < 1.29 is 5.11 Å². The van der Waals surface area contributed by atoms with E-state index >= 15 is 0 Å². The van der Waals surface area contributed by atoms with Gasteiger partial charge in [-0.2, -0.15) is 5.10 Å². The van der Waals surface area contributed by atoms with Crippen LogP contribution in [0.1, 0.15) is 11.1 Å². The van der Waals surface area contributed by atoms with Gasteiger partial charge in [0.1, 0.15) is 5.75 Å². The van der Waals surface area contributed by atoms with Gasteiger partial charge in [0.25, 0.3) is 5.95 Å². The minimum absolute atomic E-state index is 0.0785. The number of hydrogen-bond acceptors (Lipinski definition) is 4. The summed E-state index contributed by atoms with van der Waals surface area (Å²) >= 11 is 19.0. The summed E-state index contributed by atoms with van der Waals surface area (Å²) in [6, 6.07) is 18.4. The first-order chi connectivity index (χ1) is 15.4. The first kappa shape index (κ1) is 22.7. The van der Waals surface area contributed by atoms with Gasteiger partial charge in [0.15, 0.2) is 0 Å². The van der Waals surface area contributed by atoms with E-state index in [1.165, 1.54) is 6.21 Å². The number of nitrogens with zero attached hydrogens (tertiary/aromatic N) is 4. The Morgan fingerprint density at radius 2 is 1.72 bits per heavy atom. The number of halogens is 4. The first-order valence-corrected chi connectivity index (χ1v) is 11.6. The second kappa shape index (κ2) is 10.0. The van der Waals surface area contributed by atoms with Gasteiger partial charge in [0.2, 0.25) is 0 Å². The lowest BCUT2D eigenvalue weighted by Gasteiger charge is -2.03. The van der Waals surface area contributed by atoms with Crippen molar-refractivity contribution in [2.75, 3.05) is 0 Å². The molecule has 160 valence electrons. The highest BCUT2D eigenvalue weighted by molar-refractivity contribution is 9.11. The molecule has 0 amide bonds. The monoisotopic (exact) mass is 590 g/mol. The fraction of sp³-hybridized carbons (Fsp3) is 0. The van der Waals surface area contributed by atoms with Crippen molar-refractivity contribution >= 4 is 73.4 Å². The van der Waals surface area contributed by atoms with Crippen LogP contribution in [0.15, 0.2) is 85.9 Å². The van der Waals surface area contributed by atoms with Crippen LogP contribution in [0.5, 0.6) is 5.75 Å². The maximum atomic E-state index is 10.3. The molecule has 0 spiro atoms. The van der Waals surface area contributed by atoms with E-state index in [4.69, 9.17) is 23.2 Å². The molecule has 9 heteroatoms. The maximum absolute atomic E-state index is 10.3. The van der Waals surface area contributed by atoms with Crippen molar-refractivity contribution in [3.05, 3.63) is 97.0 Å². The molecule has 4 aromatic rings. The molecule has 0 radical (unpaired) electrons. The molecule has 0 unspecified atom stereocenters. The maximum Gasteiger partial charge on any atom is 0.251 e. The zero-order valence-corrected chi connectivity index (χ0v) is 20.9. The smallest absolute Gasteiger partial charge is 0.251 e. The number of aliphatic imine (C=N–C) groups is 1. The Morgan fingerprint density at radius 3 is 2.47 bits per heavy atom. The molecule has 0 fully saturated rings. The molecule has 4 rings (SSSR count). The number of phenols is 1. The lowest BCUT2D eigenvalue weighted by atomic mass is 10.2. The number of aromatic nitrogens is 2. The third-order valence-electron chi connectivity index (χ3n) is 4.40. The summed E-state index contributed by atoms with van der Waals surface area (Å²) in [6.07, 6.45) is 4.92. The molecule has 3 aromatic carbocycles. The summed E-state index contributed by atoms with van der Waals surface area (Å²) in [4.78, 5) is 9.08. The Morgan fingerprint density at radius 1 is 0.938 bits per heavy atom. The van der Waals surface area contributed by atoms with Crippen LogP contribution in [-0.2, 0) is 0 Å². The van der Waals surface area contributed by atoms with E-state index in [0.29, 0.717) is 37.3 Å². The van der Waals surface area contributed by atoms with E-state index in [9.17, 15) is 5.11 Å². The SMILES string of the molecule is Oc1c(Br)cc(Br)cc1C=Nc1nc(-c2ccccc2)cn1/N=C\c1ccc(Cl)cc1Cl. The van der Waals surface area contributed by atoms with E-state index in [-0.39, 0.29) is 5.75 Å². The summed E-state index contributed by atoms with van der Waals surface area (Å²) in [5.41, 5.74) is 2.86. The van der Waals surface area contributed by atoms with Crippen molar-refractivity contribution in [3.8, 4) is 17.0 Å². The molecule has 0 aliphatic rings. The molecule has 0 saturated carbocycles. The lowest BCUT2D eigenvalue weighted by molar-refractivity contribution is 0.471. The molecule has 0 saturated heterocycles. The number of rotatable bonds is 5. The molecule has 1 N–H and O–H groups in total. The molecular formula is C23H14Br2Cl2N4O. The number of benzene rings is 3. The van der Waals surface area contributed by atoms with Gasteiger partial charge in [0, 0.05) is 32.4 Å². The molecule has 5 nitrogen and oxygen atoms in total. The summed E-state index contributed by atoms with van der Waals surface area (Å²) in [5, 5.41) is 15.8. The van der Waals surface area contributed by atoms with Gasteiger partial charge in [-0.3, -0.25) is 0 Å². The topological polar surface area (TPSA) is 62.8 Å². The van der Waals surface area contributed by atoms with Crippen LogP contribution in [0.2, 0.25) is 10.0 Å². The highest BCUT2D eigenvalue weighted by Crippen LogP contribution is 2.31. The number of hydrogen-bond donors (Lipinski definition) is 1. The summed E-state index contributed by atoms with van der Waals surface area (Å²) in [5.74, 6) is 0.412. The fourth-order valence-electron chi connectivity index (χ4n) is 2.82. The predicted octanol–water partition coefficient (Wildman–Crippen LogP) is 7.72. The number of imidazole rings is 1. The Labute approximate surface area is 211 Å². The van der Waals surface area contributed by atoms with E-state index in [2.05, 4.69) is 46.9 Å². The molecule has 1 heterocycles. The molecule has 0 aliphatic heterocycles. The Bertz CT molecular complexity index is 1340. The van der Waals surface area contributed by atoms with Crippen LogP contribution < -0.4 is 0 Å². The largest absolute Gasteiger partial charge is 0.506 e. The molecule has 32 heavy (non-hydrogen) atoms. The fourth-order valence-corrected chi connectivity index (χ4v) is 4.54. The van der Waals surface area contributed by atoms with Crippen molar-refractivity contribution in [1.29, 1.82) is 0 Å². The third kappa shape index (κ3) is 5.30. The minimum Gasteiger partial charge on any atom is -0.506 e. The standard InChI is InChI=1S/C23H14Br2Cl2N4O/c24-17-8-16(22(32)19(25)9-17)11-28-23-30-21(14-4-2-1-3-5-14)13-31(23)29-12-15-6-7-18(26)10-20(15)27/h1-13,32H/b28-11?,29-12-. The van der Waals surface area contributed by atoms with Gasteiger partial charge in [-0.25, -0.2) is 14.7 Å². The second-order valence-corrected chi connectivity index (χ2v) is 9.24. The van der Waals surface area contributed by atoms with Crippen LogP contribution in [0.25, 0.3) is 11.3 Å². The van der Waals surface area contributed by atoms with Gasteiger partial charge in [-0.15, -0.1) is 0 Å². The third-order valence-corrected chi connectivity index (χ3v) is 6.02. The molecule has 0 aliphatic carbocycles. The van der Waals surface area contributed by atoms with E-state index in [1.807, 2.05) is 30.3 Å². The van der Waals surface area contributed by atoms with Crippen molar-refractivity contribution in [1.82, 2.24) is 9.66 Å². The Balaban J connectivity index is 1.75. The summed E-state index contributed by atoms with van der Waals surface area (Å²) in [7, 11) is 0. The van der Waals surface area contributed by atoms with Gasteiger partial charge < -0.3 is 5.11 Å². The van der Waals surface area contributed by atoms with Crippen LogP contribution in [0, 0.1) is 0 Å². The van der Waals surface area contributed by atoms with Crippen molar-refractivity contribution in [2.45, 2.75) is 0 Å². The normalized spacial score (nSPS) is 11.6. The summed E-state index contributed by atoms with van der Waals surface area (Å²) in [6.45, 7) is 0. The van der Waals surface area contributed by atoms with Gasteiger partial charge in [-0.05, 0) is 40.2 Å². The molecule has 0 bridgehead atoms. The first-order valence-electron chi connectivity index (χ1n) is 9.27. The number of phenolic OH excluding ortho intramolecular Hbond substituents is 1. The van der Waals surface area contributed by atoms with Crippen molar-refractivity contribution in [2.24, 2.45) is 10.1 Å². The van der Waals surface area contributed by atoms with Crippen LogP contribution in [0.3, 0.4) is 0 Å². The highest BCUT2D eigenvalue weighted by atomic mass is 79.9. The van der Waals surface area contributed by atoms with E-state index in [1.54, 1.807) is 47.4 Å². The van der Waals surface area contributed by atoms with Gasteiger partial charge >= 0.3 is 0 Å². The quantitative estimate of drug-likeness (QED) is 0.241. The minimum atomic E-state index is 0.0785. The van der Waals surface area contributed by atoms with Crippen LogP contribution >= 0.6 is 55.1 Å². The molecule has 1 aromatic heterocycles. The molecule has 0 atom stereocenters. The average molecular weight is 593 g/mol. The highest BCUT2D eigenvalue weighted by Gasteiger charge is 2.10. The van der Waals surface area contributed by atoms with E-state index < -0.39 is 0 Å². The average Bonchev–Trinajstić information content (AvgIpc) is 3.18. The van der Waals surface area contributed by atoms with Gasteiger partial charge in [0.05, 0.1) is 27.6 Å². The van der Waals surface area contributed by atoms with Crippen LogP contribution in [0.4, 0.5) is 5.95 Å². The second-order valence-electron chi connectivity index (χ2n) is 6.63. The van der Waals surface area contributed by atoms with Gasteiger partial charge in [-0.1, -0.05) is 75.5 Å². The van der Waals surface area contributed by atoms with Crippen molar-refractivity contribution in [3.63, 3.8) is 0 Å². The van der Waals surface area contributed by atoms with Crippen LogP contribution in [-0.4, -0.2) is 27.2 Å². The Kier molecular flexibility index (Phi) is 7.10. The summed E-state index contributed by atoms with van der Waals surface area (Å²) < 4.78 is 2.90. The predicted molar refractivity (Wildman–Crippen MR) is 138 cm³/mol. The number of aromatic hydroxyl groups is 1. The zero-order chi connectivity index (χ0) is 22.7. The Hall–Kier alpha value is -2.45. The lowest BCUT2D eigenvalue weighted by Crippen LogP contribution is -1.91.